The SMILES string of the molecule is NCC1(C(=O)NCc2cccc(C(F)(F)F)c2)CCCC1. The Morgan fingerprint density at radius 1 is 1.29 bits per heavy atom. The van der Waals surface area contributed by atoms with Gasteiger partial charge in [0.2, 0.25) is 5.91 Å². The van der Waals surface area contributed by atoms with Crippen molar-refractivity contribution in [1.82, 2.24) is 5.32 Å². The highest BCUT2D eigenvalue weighted by Gasteiger charge is 2.39. The zero-order valence-corrected chi connectivity index (χ0v) is 11.7. The molecule has 2 rings (SSSR count). The molecule has 0 aliphatic heterocycles. The molecule has 0 atom stereocenters. The molecule has 1 aromatic carbocycles. The minimum Gasteiger partial charge on any atom is -0.352 e. The van der Waals surface area contributed by atoms with Gasteiger partial charge in [0, 0.05) is 13.1 Å². The molecule has 0 spiro atoms. The third-order valence-corrected chi connectivity index (χ3v) is 4.14. The molecule has 21 heavy (non-hydrogen) atoms. The fourth-order valence-electron chi connectivity index (χ4n) is 2.80. The summed E-state index contributed by atoms with van der Waals surface area (Å²) in [7, 11) is 0. The number of carbonyl (C=O) groups excluding carboxylic acids is 1. The number of benzene rings is 1. The average molecular weight is 300 g/mol. The Labute approximate surface area is 121 Å². The molecule has 0 aromatic heterocycles. The van der Waals surface area contributed by atoms with Gasteiger partial charge in [0.25, 0.3) is 0 Å². The van der Waals surface area contributed by atoms with Crippen molar-refractivity contribution >= 4 is 5.91 Å². The fourth-order valence-corrected chi connectivity index (χ4v) is 2.80. The number of hydrogen-bond acceptors (Lipinski definition) is 2. The summed E-state index contributed by atoms with van der Waals surface area (Å²) in [6, 6.07) is 4.99. The highest BCUT2D eigenvalue weighted by atomic mass is 19.4. The van der Waals surface area contributed by atoms with E-state index in [-0.39, 0.29) is 19.0 Å². The molecule has 1 amide bonds. The highest BCUT2D eigenvalue weighted by Crippen LogP contribution is 2.37. The second kappa shape index (κ2) is 6.05. The fraction of sp³-hybridized carbons (Fsp3) is 0.533. The van der Waals surface area contributed by atoms with Crippen molar-refractivity contribution in [2.45, 2.75) is 38.4 Å². The Bertz CT molecular complexity index is 508. The summed E-state index contributed by atoms with van der Waals surface area (Å²) in [5, 5.41) is 2.73. The van der Waals surface area contributed by atoms with Crippen LogP contribution in [0.4, 0.5) is 13.2 Å². The second-order valence-electron chi connectivity index (χ2n) is 5.57. The van der Waals surface area contributed by atoms with Crippen LogP contribution < -0.4 is 11.1 Å². The normalized spacial score (nSPS) is 17.7. The molecule has 1 fully saturated rings. The molecular formula is C15H19F3N2O. The van der Waals surface area contributed by atoms with Gasteiger partial charge < -0.3 is 11.1 Å². The van der Waals surface area contributed by atoms with Crippen molar-refractivity contribution in [3.05, 3.63) is 35.4 Å². The average Bonchev–Trinajstić information content (AvgIpc) is 2.94. The van der Waals surface area contributed by atoms with E-state index in [1.807, 2.05) is 0 Å². The number of hydrogen-bond donors (Lipinski definition) is 2. The Kier molecular flexibility index (Phi) is 4.56. The topological polar surface area (TPSA) is 55.1 Å². The van der Waals surface area contributed by atoms with Gasteiger partial charge >= 0.3 is 6.18 Å². The van der Waals surface area contributed by atoms with Gasteiger partial charge in [-0.3, -0.25) is 4.79 Å². The first kappa shape index (κ1) is 15.8. The zero-order valence-electron chi connectivity index (χ0n) is 11.7. The lowest BCUT2D eigenvalue weighted by atomic mass is 9.85. The third-order valence-electron chi connectivity index (χ3n) is 4.14. The van der Waals surface area contributed by atoms with E-state index in [9.17, 15) is 18.0 Å². The van der Waals surface area contributed by atoms with E-state index in [2.05, 4.69) is 5.32 Å². The van der Waals surface area contributed by atoms with Gasteiger partial charge in [-0.25, -0.2) is 0 Å². The molecule has 1 saturated carbocycles. The van der Waals surface area contributed by atoms with Crippen LogP contribution in [0.1, 0.15) is 36.8 Å². The molecule has 3 N–H and O–H groups in total. The highest BCUT2D eigenvalue weighted by molar-refractivity contribution is 5.83. The van der Waals surface area contributed by atoms with Crippen LogP contribution in [0, 0.1) is 5.41 Å². The Morgan fingerprint density at radius 3 is 2.52 bits per heavy atom. The Morgan fingerprint density at radius 2 is 1.95 bits per heavy atom. The zero-order chi connectivity index (χ0) is 15.5. The second-order valence-corrected chi connectivity index (χ2v) is 5.57. The lowest BCUT2D eigenvalue weighted by Gasteiger charge is -2.25. The van der Waals surface area contributed by atoms with E-state index in [0.29, 0.717) is 5.56 Å². The molecular weight excluding hydrogens is 281 g/mol. The number of nitrogens with two attached hydrogens (primary N) is 1. The van der Waals surface area contributed by atoms with Crippen LogP contribution in [0.2, 0.25) is 0 Å². The first-order valence-electron chi connectivity index (χ1n) is 7.02. The summed E-state index contributed by atoms with van der Waals surface area (Å²) in [6.07, 6.45) is -0.942. The van der Waals surface area contributed by atoms with E-state index in [4.69, 9.17) is 5.73 Å². The van der Waals surface area contributed by atoms with Crippen LogP contribution in [0.15, 0.2) is 24.3 Å². The van der Waals surface area contributed by atoms with Crippen molar-refractivity contribution in [3.63, 3.8) is 0 Å². The van der Waals surface area contributed by atoms with Crippen LogP contribution in [-0.2, 0) is 17.5 Å². The van der Waals surface area contributed by atoms with Gasteiger partial charge in [0.1, 0.15) is 0 Å². The lowest BCUT2D eigenvalue weighted by molar-refractivity contribution is -0.137. The predicted octanol–water partition coefficient (Wildman–Crippen LogP) is 2.84. The molecule has 3 nitrogen and oxygen atoms in total. The van der Waals surface area contributed by atoms with Crippen molar-refractivity contribution in [3.8, 4) is 0 Å². The van der Waals surface area contributed by atoms with E-state index < -0.39 is 17.2 Å². The van der Waals surface area contributed by atoms with Crippen molar-refractivity contribution in [2.75, 3.05) is 6.54 Å². The number of halogens is 3. The first-order valence-corrected chi connectivity index (χ1v) is 7.02. The van der Waals surface area contributed by atoms with E-state index in [1.54, 1.807) is 6.07 Å². The molecule has 6 heteroatoms. The molecule has 0 unspecified atom stereocenters. The van der Waals surface area contributed by atoms with Crippen LogP contribution in [-0.4, -0.2) is 12.5 Å². The first-order chi connectivity index (χ1) is 9.87. The predicted molar refractivity (Wildman–Crippen MR) is 73.2 cm³/mol. The van der Waals surface area contributed by atoms with Gasteiger partial charge in [0.05, 0.1) is 11.0 Å². The van der Waals surface area contributed by atoms with Gasteiger partial charge in [-0.1, -0.05) is 25.0 Å². The number of carbonyl (C=O) groups is 1. The number of rotatable bonds is 4. The van der Waals surface area contributed by atoms with Crippen LogP contribution in [0.3, 0.4) is 0 Å². The monoisotopic (exact) mass is 300 g/mol. The number of amides is 1. The largest absolute Gasteiger partial charge is 0.416 e. The van der Waals surface area contributed by atoms with Gasteiger partial charge in [0.15, 0.2) is 0 Å². The minimum absolute atomic E-state index is 0.0878. The van der Waals surface area contributed by atoms with Crippen LogP contribution >= 0.6 is 0 Å². The Balaban J connectivity index is 2.01. The minimum atomic E-state index is -4.37. The van der Waals surface area contributed by atoms with Gasteiger partial charge in [-0.15, -0.1) is 0 Å². The van der Waals surface area contributed by atoms with Crippen LogP contribution in [0.5, 0.6) is 0 Å². The smallest absolute Gasteiger partial charge is 0.352 e. The van der Waals surface area contributed by atoms with E-state index in [1.165, 1.54) is 6.07 Å². The van der Waals surface area contributed by atoms with Gasteiger partial charge in [-0.2, -0.15) is 13.2 Å². The molecule has 116 valence electrons. The van der Waals surface area contributed by atoms with Crippen molar-refractivity contribution in [1.29, 1.82) is 0 Å². The van der Waals surface area contributed by atoms with Crippen molar-refractivity contribution in [2.24, 2.45) is 11.1 Å². The number of alkyl halides is 3. The summed E-state index contributed by atoms with van der Waals surface area (Å²) >= 11 is 0. The van der Waals surface area contributed by atoms with Crippen LogP contribution in [0.25, 0.3) is 0 Å². The Hall–Kier alpha value is -1.56. The van der Waals surface area contributed by atoms with Gasteiger partial charge in [-0.05, 0) is 30.5 Å². The third kappa shape index (κ3) is 3.56. The quantitative estimate of drug-likeness (QED) is 0.898. The van der Waals surface area contributed by atoms with E-state index in [0.717, 1.165) is 37.8 Å². The molecule has 0 heterocycles. The summed E-state index contributed by atoms with van der Waals surface area (Å²) in [6.45, 7) is 0.367. The molecule has 0 saturated heterocycles. The molecule has 1 aliphatic carbocycles. The molecule has 0 bridgehead atoms. The summed E-state index contributed by atoms with van der Waals surface area (Å²) in [5.41, 5.74) is 4.90. The maximum absolute atomic E-state index is 12.6. The van der Waals surface area contributed by atoms with E-state index >= 15 is 0 Å². The molecule has 1 aromatic rings. The standard InChI is InChI=1S/C15H19F3N2O/c16-15(17,18)12-5-3-4-11(8-12)9-20-13(21)14(10-19)6-1-2-7-14/h3-5,8H,1-2,6-7,9-10,19H2,(H,20,21). The molecule has 1 aliphatic rings. The summed E-state index contributed by atoms with van der Waals surface area (Å²) in [4.78, 5) is 12.2. The summed E-state index contributed by atoms with van der Waals surface area (Å²) < 4.78 is 37.9. The lowest BCUT2D eigenvalue weighted by Crippen LogP contribution is -2.43. The maximum Gasteiger partial charge on any atom is 0.416 e. The maximum atomic E-state index is 12.6. The summed E-state index contributed by atoms with van der Waals surface area (Å²) in [5.74, 6) is -0.153. The number of nitrogens with one attached hydrogen (secondary N) is 1. The van der Waals surface area contributed by atoms with Crippen molar-refractivity contribution < 1.29 is 18.0 Å². The molecule has 0 radical (unpaired) electrons.